The van der Waals surface area contributed by atoms with E-state index in [0.29, 0.717) is 17.9 Å². The molecular formula is C19H19N3O2S. The normalized spacial score (nSPS) is 10.7. The van der Waals surface area contributed by atoms with Gasteiger partial charge in [-0.3, -0.25) is 10.1 Å². The number of hydrogen-bond acceptors (Lipinski definition) is 5. The molecule has 128 valence electrons. The van der Waals surface area contributed by atoms with Crippen LogP contribution in [0.5, 0.6) is 0 Å². The van der Waals surface area contributed by atoms with Gasteiger partial charge in [-0.15, -0.1) is 16.9 Å². The average molecular weight is 353 g/mol. The van der Waals surface area contributed by atoms with E-state index in [2.05, 4.69) is 27.6 Å². The van der Waals surface area contributed by atoms with Crippen LogP contribution >= 0.6 is 11.8 Å². The summed E-state index contributed by atoms with van der Waals surface area (Å²) in [4.78, 5) is 13.6. The van der Waals surface area contributed by atoms with Crippen molar-refractivity contribution in [2.45, 2.75) is 25.2 Å². The van der Waals surface area contributed by atoms with Gasteiger partial charge in [-0.25, -0.2) is 0 Å². The first-order chi connectivity index (χ1) is 12.0. The molecular weight excluding hydrogens is 334 g/mol. The lowest BCUT2D eigenvalue weighted by molar-refractivity contribution is 0.102. The van der Waals surface area contributed by atoms with E-state index in [1.165, 1.54) is 4.90 Å². The molecule has 2 aromatic carbocycles. The number of anilines is 1. The maximum atomic E-state index is 12.4. The van der Waals surface area contributed by atoms with Crippen molar-refractivity contribution in [2.75, 3.05) is 11.6 Å². The number of nitrogens with one attached hydrogen (secondary N) is 1. The maximum Gasteiger partial charge on any atom is 0.322 e. The number of nitrogens with zero attached hydrogens (tertiary/aromatic N) is 2. The van der Waals surface area contributed by atoms with Crippen LogP contribution in [0.15, 0.2) is 51.8 Å². The summed E-state index contributed by atoms with van der Waals surface area (Å²) in [6.45, 7) is 3.84. The van der Waals surface area contributed by atoms with Gasteiger partial charge in [-0.05, 0) is 49.4 Å². The molecule has 0 fully saturated rings. The molecule has 6 heteroatoms. The first kappa shape index (κ1) is 17.2. The topological polar surface area (TPSA) is 68.0 Å². The van der Waals surface area contributed by atoms with Crippen molar-refractivity contribution in [1.82, 2.24) is 10.2 Å². The second-order valence-electron chi connectivity index (χ2n) is 5.80. The molecule has 0 atom stereocenters. The van der Waals surface area contributed by atoms with Gasteiger partial charge < -0.3 is 4.42 Å². The Morgan fingerprint density at radius 1 is 1.12 bits per heavy atom. The van der Waals surface area contributed by atoms with Gasteiger partial charge >= 0.3 is 6.01 Å². The monoisotopic (exact) mass is 353 g/mol. The van der Waals surface area contributed by atoms with Crippen molar-refractivity contribution in [3.63, 3.8) is 0 Å². The third kappa shape index (κ3) is 4.28. The van der Waals surface area contributed by atoms with Gasteiger partial charge in [0, 0.05) is 10.5 Å². The molecule has 0 aliphatic carbocycles. The standard InChI is InChI=1S/C19H19N3O2S/c1-12-4-5-13(2)16(10-12)18(23)20-19-22-21-17(24-19)11-14-6-8-15(25-3)9-7-14/h4-10H,11H2,1-3H3,(H,20,22,23). The summed E-state index contributed by atoms with van der Waals surface area (Å²) in [6, 6.07) is 14.0. The second-order valence-corrected chi connectivity index (χ2v) is 6.68. The molecule has 0 aliphatic rings. The minimum absolute atomic E-state index is 0.113. The highest BCUT2D eigenvalue weighted by molar-refractivity contribution is 7.98. The van der Waals surface area contributed by atoms with E-state index < -0.39 is 0 Å². The van der Waals surface area contributed by atoms with E-state index in [4.69, 9.17) is 4.42 Å². The fourth-order valence-corrected chi connectivity index (χ4v) is 2.85. The number of amides is 1. The molecule has 0 bridgehead atoms. The molecule has 0 aliphatic heterocycles. The number of aryl methyl sites for hydroxylation is 2. The van der Waals surface area contributed by atoms with Crippen molar-refractivity contribution in [1.29, 1.82) is 0 Å². The van der Waals surface area contributed by atoms with Gasteiger partial charge in [0.25, 0.3) is 5.91 Å². The summed E-state index contributed by atoms with van der Waals surface area (Å²) < 4.78 is 5.55. The highest BCUT2D eigenvalue weighted by atomic mass is 32.2. The first-order valence-corrected chi connectivity index (χ1v) is 9.11. The Morgan fingerprint density at radius 3 is 2.60 bits per heavy atom. The number of rotatable bonds is 5. The quantitative estimate of drug-likeness (QED) is 0.695. The van der Waals surface area contributed by atoms with E-state index in [9.17, 15) is 4.79 Å². The minimum Gasteiger partial charge on any atom is -0.407 e. The fraction of sp³-hybridized carbons (Fsp3) is 0.211. The highest BCUT2D eigenvalue weighted by Crippen LogP contribution is 2.18. The lowest BCUT2D eigenvalue weighted by Crippen LogP contribution is -2.13. The Labute approximate surface area is 150 Å². The molecule has 0 spiro atoms. The van der Waals surface area contributed by atoms with Crippen LogP contribution in [0.2, 0.25) is 0 Å². The zero-order valence-electron chi connectivity index (χ0n) is 14.4. The molecule has 5 nitrogen and oxygen atoms in total. The highest BCUT2D eigenvalue weighted by Gasteiger charge is 2.14. The lowest BCUT2D eigenvalue weighted by Gasteiger charge is -2.05. The van der Waals surface area contributed by atoms with Crippen LogP contribution in [-0.4, -0.2) is 22.4 Å². The number of carbonyl (C=O) groups is 1. The Bertz CT molecular complexity index is 888. The molecule has 3 rings (SSSR count). The SMILES string of the molecule is CSc1ccc(Cc2nnc(NC(=O)c3cc(C)ccc3C)o2)cc1. The zero-order chi connectivity index (χ0) is 17.8. The lowest BCUT2D eigenvalue weighted by atomic mass is 10.1. The fourth-order valence-electron chi connectivity index (χ4n) is 2.44. The van der Waals surface area contributed by atoms with Crippen LogP contribution in [0.3, 0.4) is 0 Å². The van der Waals surface area contributed by atoms with Crippen LogP contribution in [0.25, 0.3) is 0 Å². The van der Waals surface area contributed by atoms with E-state index >= 15 is 0 Å². The van der Waals surface area contributed by atoms with E-state index in [1.807, 2.05) is 50.4 Å². The Balaban J connectivity index is 1.68. The molecule has 1 N–H and O–H groups in total. The molecule has 0 saturated heterocycles. The van der Waals surface area contributed by atoms with Crippen molar-refractivity contribution in [3.05, 3.63) is 70.6 Å². The maximum absolute atomic E-state index is 12.4. The van der Waals surface area contributed by atoms with Crippen molar-refractivity contribution >= 4 is 23.7 Å². The molecule has 1 heterocycles. The number of benzene rings is 2. The van der Waals surface area contributed by atoms with Gasteiger partial charge in [-0.1, -0.05) is 34.9 Å². The largest absolute Gasteiger partial charge is 0.407 e. The average Bonchev–Trinajstić information content (AvgIpc) is 3.04. The predicted octanol–water partition coefficient (Wildman–Crippen LogP) is 4.25. The molecule has 0 saturated carbocycles. The molecule has 25 heavy (non-hydrogen) atoms. The number of aromatic nitrogens is 2. The van der Waals surface area contributed by atoms with Crippen molar-refractivity contribution < 1.29 is 9.21 Å². The summed E-state index contributed by atoms with van der Waals surface area (Å²) in [5.74, 6) is 0.217. The number of thioether (sulfide) groups is 1. The third-order valence-corrected chi connectivity index (χ3v) is 4.58. The van der Waals surface area contributed by atoms with Crippen molar-refractivity contribution in [2.24, 2.45) is 0 Å². The molecule has 1 aromatic heterocycles. The molecule has 1 amide bonds. The van der Waals surface area contributed by atoms with Gasteiger partial charge in [0.1, 0.15) is 0 Å². The van der Waals surface area contributed by atoms with Crippen LogP contribution < -0.4 is 5.32 Å². The van der Waals surface area contributed by atoms with Crippen LogP contribution in [-0.2, 0) is 6.42 Å². The van der Waals surface area contributed by atoms with Crippen molar-refractivity contribution in [3.8, 4) is 0 Å². The Hall–Kier alpha value is -2.60. The molecule has 0 unspecified atom stereocenters. The minimum atomic E-state index is -0.249. The first-order valence-electron chi connectivity index (χ1n) is 7.89. The summed E-state index contributed by atoms with van der Waals surface area (Å²) in [5.41, 5.74) is 3.61. The summed E-state index contributed by atoms with van der Waals surface area (Å²) in [5, 5.41) is 10.6. The summed E-state index contributed by atoms with van der Waals surface area (Å²) in [7, 11) is 0. The predicted molar refractivity (Wildman–Crippen MR) is 99.2 cm³/mol. The van der Waals surface area contributed by atoms with Crippen LogP contribution in [0.4, 0.5) is 6.01 Å². The summed E-state index contributed by atoms with van der Waals surface area (Å²) >= 11 is 1.70. The van der Waals surface area contributed by atoms with E-state index in [-0.39, 0.29) is 11.9 Å². The molecule has 0 radical (unpaired) electrons. The van der Waals surface area contributed by atoms with Gasteiger partial charge in [-0.2, -0.15) is 0 Å². The third-order valence-electron chi connectivity index (χ3n) is 3.84. The van der Waals surface area contributed by atoms with Crippen LogP contribution in [0.1, 0.15) is 32.9 Å². The van der Waals surface area contributed by atoms with Gasteiger partial charge in [0.15, 0.2) is 0 Å². The summed E-state index contributed by atoms with van der Waals surface area (Å²) in [6.07, 6.45) is 2.57. The number of carbonyl (C=O) groups excluding carboxylic acids is 1. The molecule has 3 aromatic rings. The van der Waals surface area contributed by atoms with E-state index in [1.54, 1.807) is 11.8 Å². The zero-order valence-corrected chi connectivity index (χ0v) is 15.2. The second kappa shape index (κ2) is 7.53. The number of hydrogen-bond donors (Lipinski definition) is 1. The van der Waals surface area contributed by atoms with E-state index in [0.717, 1.165) is 16.7 Å². The van der Waals surface area contributed by atoms with Crippen LogP contribution in [0, 0.1) is 13.8 Å². The smallest absolute Gasteiger partial charge is 0.322 e. The Morgan fingerprint density at radius 2 is 1.88 bits per heavy atom. The van der Waals surface area contributed by atoms with Gasteiger partial charge in [0.05, 0.1) is 6.42 Å². The van der Waals surface area contributed by atoms with Gasteiger partial charge in [0.2, 0.25) is 5.89 Å². The Kier molecular flexibility index (Phi) is 5.19.